The summed E-state index contributed by atoms with van der Waals surface area (Å²) in [5.41, 5.74) is -6.28. The third-order valence-corrected chi connectivity index (χ3v) is 7.36. The van der Waals surface area contributed by atoms with Crippen LogP contribution in [0.25, 0.3) is 0 Å². The number of benzene rings is 2. The zero-order valence-corrected chi connectivity index (χ0v) is 18.5. The summed E-state index contributed by atoms with van der Waals surface area (Å²) in [7, 11) is 2.43. The lowest BCUT2D eigenvalue weighted by atomic mass is 9.30. The maximum absolute atomic E-state index is 11.7. The number of hydrogen-bond acceptors (Lipinski definition) is 10. The number of methoxy groups -OCH3 is 2. The molecule has 0 radical (unpaired) electrons. The maximum Gasteiger partial charge on any atom is 0.337 e. The Labute approximate surface area is 194 Å². The van der Waals surface area contributed by atoms with Crippen LogP contribution in [0.15, 0.2) is 48.5 Å². The van der Waals surface area contributed by atoms with Gasteiger partial charge in [-0.2, -0.15) is 0 Å². The van der Waals surface area contributed by atoms with Gasteiger partial charge >= 0.3 is 11.9 Å². The molecule has 0 amide bonds. The van der Waals surface area contributed by atoms with Crippen molar-refractivity contribution in [2.45, 2.75) is 40.8 Å². The van der Waals surface area contributed by atoms with Crippen LogP contribution in [-0.2, 0) is 9.47 Å². The summed E-state index contributed by atoms with van der Waals surface area (Å²) in [6, 6.07) is 11.2. The largest absolute Gasteiger partial charge is 0.465 e. The predicted octanol–water partition coefficient (Wildman–Crippen LogP) is -0.938. The lowest BCUT2D eigenvalue weighted by Crippen LogP contribution is -2.99. The minimum atomic E-state index is -2.46. The van der Waals surface area contributed by atoms with Crippen molar-refractivity contribution in [3.63, 3.8) is 0 Å². The summed E-state index contributed by atoms with van der Waals surface area (Å²) in [5.74, 6) is -3.86. The number of carbonyl (C=O) groups excluding carboxylic acids is 2. The van der Waals surface area contributed by atoms with E-state index in [0.29, 0.717) is 0 Å². The first-order valence-electron chi connectivity index (χ1n) is 10.5. The van der Waals surface area contributed by atoms with Gasteiger partial charge in [-0.1, -0.05) is 24.3 Å². The predicted molar refractivity (Wildman–Crippen MR) is 115 cm³/mol. The molecule has 2 saturated carbocycles. The minimum Gasteiger partial charge on any atom is -0.465 e. The molecule has 2 aromatic rings. The Morgan fingerprint density at radius 1 is 0.882 bits per heavy atom. The average Bonchev–Trinajstić information content (AvgIpc) is 2.87. The van der Waals surface area contributed by atoms with E-state index in [1.54, 1.807) is 0 Å². The van der Waals surface area contributed by atoms with E-state index in [0.717, 1.165) is 0 Å². The molecule has 6 N–H and O–H groups in total. The molecule has 0 aromatic heterocycles. The highest BCUT2D eigenvalue weighted by Gasteiger charge is 2.93. The third-order valence-electron chi connectivity index (χ3n) is 7.36. The quantitative estimate of drug-likeness (QED) is 0.287. The molecule has 0 bridgehead atoms. The van der Waals surface area contributed by atoms with Gasteiger partial charge in [-0.25, -0.2) is 9.59 Å². The second-order valence-electron chi connectivity index (χ2n) is 8.70. The number of esters is 2. The number of aliphatic hydroxyl groups is 6. The van der Waals surface area contributed by atoms with Gasteiger partial charge in [0, 0.05) is 5.92 Å². The second kappa shape index (κ2) is 8.12. The zero-order chi connectivity index (χ0) is 25.1. The van der Waals surface area contributed by atoms with E-state index in [9.17, 15) is 40.2 Å². The number of ether oxygens (including phenoxy) is 2. The van der Waals surface area contributed by atoms with Crippen LogP contribution in [-0.4, -0.2) is 92.4 Å². The molecule has 0 saturated heterocycles. The van der Waals surface area contributed by atoms with Gasteiger partial charge in [0.05, 0.1) is 44.0 Å². The Hall–Kier alpha value is -2.86. The first-order valence-corrected chi connectivity index (χ1v) is 10.5. The van der Waals surface area contributed by atoms with E-state index in [1.807, 2.05) is 0 Å². The highest BCUT2D eigenvalue weighted by molar-refractivity contribution is 5.89. The molecule has 3 unspecified atom stereocenters. The lowest BCUT2D eigenvalue weighted by Gasteiger charge is -2.80. The molecule has 2 aliphatic rings. The molecule has 7 atom stereocenters. The molecule has 182 valence electrons. The van der Waals surface area contributed by atoms with Gasteiger partial charge in [-0.15, -0.1) is 0 Å². The monoisotopic (exact) mass is 474 g/mol. The van der Waals surface area contributed by atoms with Crippen molar-refractivity contribution in [1.82, 2.24) is 0 Å². The maximum atomic E-state index is 11.7. The fourth-order valence-corrected chi connectivity index (χ4v) is 5.69. The van der Waals surface area contributed by atoms with Crippen molar-refractivity contribution < 1.29 is 49.7 Å². The van der Waals surface area contributed by atoms with Crippen LogP contribution in [0.4, 0.5) is 0 Å². The van der Waals surface area contributed by atoms with Gasteiger partial charge in [-0.05, 0) is 35.4 Å². The Balaban J connectivity index is 1.76. The first kappa shape index (κ1) is 24.3. The summed E-state index contributed by atoms with van der Waals surface area (Å²) >= 11 is 0. The first-order chi connectivity index (χ1) is 16.0. The SMILES string of the molecule is COC(=O)c1ccc(C2C(O)[C@@]3(O)C(c4ccc(C(=O)OC)cc4)[C@@](O)([C@H](O)CO)[C@@]23O)cc1. The van der Waals surface area contributed by atoms with Crippen LogP contribution in [0.5, 0.6) is 0 Å². The molecule has 0 aliphatic heterocycles. The van der Waals surface area contributed by atoms with Crippen molar-refractivity contribution in [2.75, 3.05) is 20.8 Å². The summed E-state index contributed by atoms with van der Waals surface area (Å²) < 4.78 is 9.30. The minimum absolute atomic E-state index is 0.191. The van der Waals surface area contributed by atoms with Gasteiger partial charge < -0.3 is 40.1 Å². The van der Waals surface area contributed by atoms with Crippen molar-refractivity contribution in [2.24, 2.45) is 0 Å². The topological polar surface area (TPSA) is 174 Å². The summed E-state index contributed by atoms with van der Waals surface area (Å²) in [6.45, 7) is -0.935. The molecule has 2 aromatic carbocycles. The van der Waals surface area contributed by atoms with Crippen LogP contribution in [0.1, 0.15) is 43.7 Å². The normalized spacial score (nSPS) is 34.8. The molecule has 2 aliphatic carbocycles. The lowest BCUT2D eigenvalue weighted by molar-refractivity contribution is -0.459. The van der Waals surface area contributed by atoms with Crippen molar-refractivity contribution in [3.8, 4) is 0 Å². The van der Waals surface area contributed by atoms with E-state index in [1.165, 1.54) is 62.8 Å². The highest BCUT2D eigenvalue weighted by atomic mass is 16.5. The number of fused-ring (bicyclic) bond motifs is 1. The number of carbonyl (C=O) groups is 2. The fourth-order valence-electron chi connectivity index (χ4n) is 5.69. The van der Waals surface area contributed by atoms with Gasteiger partial charge in [0.1, 0.15) is 22.9 Å². The van der Waals surface area contributed by atoms with Crippen LogP contribution in [0, 0.1) is 0 Å². The van der Waals surface area contributed by atoms with Crippen LogP contribution >= 0.6 is 0 Å². The standard InChI is InChI=1S/C24H26O10/c1-33-20(28)14-7-3-12(4-8-14)17-19(27)23(31)18(22(30,16(26)11-25)24(17,23)32)13-5-9-15(10-6-13)21(29)34-2/h3-10,16-19,25-27,30-32H,11H2,1-2H3/t16-,17?,18?,19?,22+,23+,24+/m1/s1. The highest BCUT2D eigenvalue weighted by Crippen LogP contribution is 2.75. The van der Waals surface area contributed by atoms with Gasteiger partial charge in [0.15, 0.2) is 0 Å². The summed E-state index contributed by atoms with van der Waals surface area (Å²) in [5, 5.41) is 65.7. The van der Waals surface area contributed by atoms with Crippen LogP contribution in [0.3, 0.4) is 0 Å². The Morgan fingerprint density at radius 2 is 1.32 bits per heavy atom. The van der Waals surface area contributed by atoms with E-state index >= 15 is 0 Å². The molecule has 0 heterocycles. The van der Waals surface area contributed by atoms with E-state index < -0.39 is 59.4 Å². The Bertz CT molecular complexity index is 1100. The average molecular weight is 474 g/mol. The summed E-state index contributed by atoms with van der Waals surface area (Å²) in [4.78, 5) is 23.4. The fraction of sp³-hybridized carbons (Fsp3) is 0.417. The van der Waals surface area contributed by atoms with Crippen LogP contribution < -0.4 is 0 Å². The Morgan fingerprint density at radius 3 is 1.74 bits per heavy atom. The van der Waals surface area contributed by atoms with E-state index in [2.05, 4.69) is 9.47 Å². The number of rotatable bonds is 6. The summed E-state index contributed by atoms with van der Waals surface area (Å²) in [6.07, 6.45) is -3.45. The van der Waals surface area contributed by atoms with Crippen molar-refractivity contribution in [1.29, 1.82) is 0 Å². The van der Waals surface area contributed by atoms with Gasteiger partial charge in [-0.3, -0.25) is 0 Å². The number of hydrogen-bond donors (Lipinski definition) is 6. The van der Waals surface area contributed by atoms with E-state index in [4.69, 9.17) is 0 Å². The molecular formula is C24H26O10. The van der Waals surface area contributed by atoms with Gasteiger partial charge in [0.2, 0.25) is 0 Å². The molecular weight excluding hydrogens is 448 g/mol. The van der Waals surface area contributed by atoms with Crippen molar-refractivity contribution in [3.05, 3.63) is 70.8 Å². The Kier molecular flexibility index (Phi) is 5.80. The third kappa shape index (κ3) is 2.78. The second-order valence-corrected chi connectivity index (χ2v) is 8.70. The molecule has 34 heavy (non-hydrogen) atoms. The molecule has 0 spiro atoms. The molecule has 10 heteroatoms. The van der Waals surface area contributed by atoms with E-state index in [-0.39, 0.29) is 22.3 Å². The molecule has 10 nitrogen and oxygen atoms in total. The van der Waals surface area contributed by atoms with Crippen molar-refractivity contribution >= 4 is 11.9 Å². The number of aliphatic hydroxyl groups excluding tert-OH is 3. The smallest absolute Gasteiger partial charge is 0.337 e. The van der Waals surface area contributed by atoms with Crippen LogP contribution in [0.2, 0.25) is 0 Å². The molecule has 2 fully saturated rings. The molecule has 4 rings (SSSR count). The zero-order valence-electron chi connectivity index (χ0n) is 18.5. The van der Waals surface area contributed by atoms with Gasteiger partial charge in [0.25, 0.3) is 0 Å².